The molecular weight excluding hydrogens is 673 g/mol. The van der Waals surface area contributed by atoms with E-state index in [9.17, 15) is 20.2 Å². The number of hydrogen-bond acceptors (Lipinski definition) is 11. The molecule has 1 aliphatic heterocycles. The van der Waals surface area contributed by atoms with Gasteiger partial charge in [-0.2, -0.15) is 4.90 Å². The van der Waals surface area contributed by atoms with Crippen LogP contribution in [0, 0.1) is 11.5 Å². The molecule has 5 rings (SSSR count). The van der Waals surface area contributed by atoms with E-state index in [0.29, 0.717) is 16.0 Å². The summed E-state index contributed by atoms with van der Waals surface area (Å²) >= 11 is 0. The number of hydrogen-bond donors (Lipinski definition) is 1. The molecule has 2 aliphatic rings. The summed E-state index contributed by atoms with van der Waals surface area (Å²) in [6.45, 7) is 20.0. The van der Waals surface area contributed by atoms with Crippen molar-refractivity contribution in [2.24, 2.45) is 5.11 Å². The van der Waals surface area contributed by atoms with Gasteiger partial charge in [0.2, 0.25) is 5.95 Å². The maximum absolute atomic E-state index is 13.6. The van der Waals surface area contributed by atoms with Gasteiger partial charge in [-0.25, -0.2) is 24.5 Å². The lowest BCUT2D eigenvalue weighted by molar-refractivity contribution is -0.148. The van der Waals surface area contributed by atoms with Crippen LogP contribution in [0.15, 0.2) is 47.4 Å². The van der Waals surface area contributed by atoms with E-state index in [1.807, 2.05) is 30.3 Å². The fourth-order valence-corrected chi connectivity index (χ4v) is 6.10. The molecule has 1 N–H and O–H groups in total. The number of azide groups is 1. The number of carbonyl (C=O) groups is 2. The molecule has 3 heterocycles. The molecule has 2 aromatic heterocycles. The van der Waals surface area contributed by atoms with Crippen molar-refractivity contribution in [3.05, 3.63) is 63.8 Å². The zero-order valence-electron chi connectivity index (χ0n) is 30.7. The summed E-state index contributed by atoms with van der Waals surface area (Å²) in [5.41, 5.74) is 12.9. The molecule has 2 amide bonds. The SMILES string of the molecule is CC(C)(C)OC(=O)N(C(=O)OC(C)(C)C)c1nc(N=[N+]=[N-])nc2c1ncn2[C@@H]1C=C(C(O)c2ccc(C#C[Si](C)(C)C)cc2)[C@H]2OC(C)(C)O[C@H]21. The first kappa shape index (κ1) is 37.5. The van der Waals surface area contributed by atoms with Crippen molar-refractivity contribution in [1.82, 2.24) is 19.5 Å². The van der Waals surface area contributed by atoms with Gasteiger partial charge in [-0.3, -0.25) is 0 Å². The molecule has 1 aromatic carbocycles. The van der Waals surface area contributed by atoms with E-state index in [-0.39, 0.29) is 22.9 Å². The van der Waals surface area contributed by atoms with Crippen molar-refractivity contribution in [2.75, 3.05) is 4.90 Å². The minimum atomic E-state index is -1.57. The third kappa shape index (κ3) is 8.58. The third-order valence-corrected chi connectivity index (χ3v) is 8.37. The lowest BCUT2D eigenvalue weighted by Crippen LogP contribution is -2.44. The number of imidazole rings is 1. The van der Waals surface area contributed by atoms with Crippen LogP contribution in [-0.4, -0.2) is 74.1 Å². The quantitative estimate of drug-likeness (QED) is 0.0696. The largest absolute Gasteiger partial charge is 0.443 e. The Labute approximate surface area is 297 Å². The molecule has 270 valence electrons. The predicted octanol–water partition coefficient (Wildman–Crippen LogP) is 7.41. The zero-order chi connectivity index (χ0) is 37.7. The van der Waals surface area contributed by atoms with Crippen LogP contribution < -0.4 is 4.90 Å². The average molecular weight is 717 g/mol. The fourth-order valence-electron chi connectivity index (χ4n) is 5.58. The molecule has 1 fully saturated rings. The van der Waals surface area contributed by atoms with Crippen molar-refractivity contribution in [3.63, 3.8) is 0 Å². The maximum Gasteiger partial charge on any atom is 0.425 e. The normalized spacial score (nSPS) is 20.4. The molecule has 1 saturated heterocycles. The molecule has 51 heavy (non-hydrogen) atoms. The Morgan fingerprint density at radius 3 is 2.22 bits per heavy atom. The van der Waals surface area contributed by atoms with E-state index in [1.165, 1.54) is 6.33 Å². The highest BCUT2D eigenvalue weighted by atomic mass is 28.3. The summed E-state index contributed by atoms with van der Waals surface area (Å²) in [7, 11) is -1.57. The summed E-state index contributed by atoms with van der Waals surface area (Å²) in [6.07, 6.45) is -1.25. The van der Waals surface area contributed by atoms with Crippen LogP contribution in [0.1, 0.15) is 78.7 Å². The number of ether oxygens (including phenoxy) is 4. The molecule has 15 nitrogen and oxygen atoms in total. The summed E-state index contributed by atoms with van der Waals surface area (Å²) in [5, 5.41) is 15.3. The molecule has 16 heteroatoms. The van der Waals surface area contributed by atoms with Crippen molar-refractivity contribution < 1.29 is 33.6 Å². The molecule has 1 aliphatic carbocycles. The summed E-state index contributed by atoms with van der Waals surface area (Å²) in [5.74, 6) is 1.52. The van der Waals surface area contributed by atoms with Gasteiger partial charge in [0.15, 0.2) is 22.8 Å². The monoisotopic (exact) mass is 716 g/mol. The van der Waals surface area contributed by atoms with E-state index >= 15 is 0 Å². The standard InChI is InChI=1S/C35H44N8O7Si/c1-33(2,3)49-31(45)43(32(46)50-34(4,5)6)29-24-28(38-30(39-29)40-41-36)42(19-37-24)23-18-22(26-27(23)48-35(7,8)47-26)25(44)21-14-12-20(13-15-21)16-17-51(9,10)11/h12-15,18-19,23,25-27,44H,1-11H3/t23-,25?,26-,27+/m1/s1. The Balaban J connectivity index is 1.62. The second kappa shape index (κ2) is 13.4. The average Bonchev–Trinajstić information content (AvgIpc) is 3.64. The van der Waals surface area contributed by atoms with Crippen LogP contribution in [0.3, 0.4) is 0 Å². The Bertz CT molecular complexity index is 1960. The van der Waals surface area contributed by atoms with Gasteiger partial charge in [-0.1, -0.05) is 43.8 Å². The number of aliphatic hydroxyl groups is 1. The number of anilines is 1. The number of carbonyl (C=O) groups excluding carboxylic acids is 2. The summed E-state index contributed by atoms with van der Waals surface area (Å²) < 4.78 is 25.4. The molecule has 4 atom stereocenters. The van der Waals surface area contributed by atoms with E-state index in [4.69, 9.17) is 18.9 Å². The Hall–Kier alpha value is -4.78. The van der Waals surface area contributed by atoms with E-state index in [1.54, 1.807) is 60.0 Å². The lowest BCUT2D eigenvalue weighted by atomic mass is 9.98. The topological polar surface area (TPSA) is 187 Å². The number of rotatable bonds is 5. The highest BCUT2D eigenvalue weighted by Crippen LogP contribution is 2.47. The molecule has 0 bridgehead atoms. The first-order chi connectivity index (χ1) is 23.6. The van der Waals surface area contributed by atoms with Crippen LogP contribution in [0.25, 0.3) is 21.6 Å². The van der Waals surface area contributed by atoms with Gasteiger partial charge < -0.3 is 28.6 Å². The second-order valence-corrected chi connectivity index (χ2v) is 20.6. The number of nitrogens with zero attached hydrogens (tertiary/aromatic N) is 8. The highest BCUT2D eigenvalue weighted by Gasteiger charge is 2.52. The smallest absolute Gasteiger partial charge is 0.425 e. The Morgan fingerprint density at radius 2 is 1.67 bits per heavy atom. The van der Waals surface area contributed by atoms with Gasteiger partial charge in [0.1, 0.15) is 37.6 Å². The van der Waals surface area contributed by atoms with Crippen molar-refractivity contribution in [1.29, 1.82) is 0 Å². The molecule has 0 spiro atoms. The molecule has 0 radical (unpaired) electrons. The number of fused-ring (bicyclic) bond motifs is 2. The van der Waals surface area contributed by atoms with Gasteiger partial charge in [0, 0.05) is 10.5 Å². The van der Waals surface area contributed by atoms with Crippen LogP contribution in [-0.2, 0) is 18.9 Å². The summed E-state index contributed by atoms with van der Waals surface area (Å²) in [6, 6.07) is 6.79. The minimum Gasteiger partial charge on any atom is -0.443 e. The molecule has 0 saturated carbocycles. The van der Waals surface area contributed by atoms with E-state index in [2.05, 4.69) is 56.1 Å². The number of amides is 2. The first-order valence-electron chi connectivity index (χ1n) is 16.5. The number of aromatic nitrogens is 4. The molecule has 1 unspecified atom stereocenters. The molecule has 3 aromatic rings. The van der Waals surface area contributed by atoms with Crippen LogP contribution in [0.5, 0.6) is 0 Å². The van der Waals surface area contributed by atoms with Crippen molar-refractivity contribution in [3.8, 4) is 11.5 Å². The van der Waals surface area contributed by atoms with Gasteiger partial charge in [0.25, 0.3) is 0 Å². The first-order valence-corrected chi connectivity index (χ1v) is 20.0. The van der Waals surface area contributed by atoms with Gasteiger partial charge in [0.05, 0.1) is 12.4 Å². The van der Waals surface area contributed by atoms with Gasteiger partial charge in [-0.05, 0) is 89.3 Å². The zero-order valence-corrected chi connectivity index (χ0v) is 31.7. The number of imide groups is 1. The number of benzene rings is 1. The second-order valence-electron chi connectivity index (χ2n) is 15.9. The maximum atomic E-state index is 13.6. The van der Waals surface area contributed by atoms with Crippen molar-refractivity contribution in [2.45, 2.75) is 116 Å². The van der Waals surface area contributed by atoms with Crippen LogP contribution in [0.2, 0.25) is 19.6 Å². The van der Waals surface area contributed by atoms with Crippen LogP contribution in [0.4, 0.5) is 21.4 Å². The minimum absolute atomic E-state index is 0.00995. The highest BCUT2D eigenvalue weighted by molar-refractivity contribution is 6.83. The number of aliphatic hydroxyl groups excluding tert-OH is 1. The third-order valence-electron chi connectivity index (χ3n) is 7.49. The van der Waals surface area contributed by atoms with Gasteiger partial charge in [-0.15, -0.1) is 5.54 Å². The Morgan fingerprint density at radius 1 is 1.06 bits per heavy atom. The molecular formula is C35H44N8O7Si. The Kier molecular flexibility index (Phi) is 9.85. The van der Waals surface area contributed by atoms with E-state index < -0.39 is 61.6 Å². The predicted molar refractivity (Wildman–Crippen MR) is 192 cm³/mol. The lowest BCUT2D eigenvalue weighted by Gasteiger charge is -2.28. The van der Waals surface area contributed by atoms with Crippen LogP contribution >= 0.6 is 0 Å². The summed E-state index contributed by atoms with van der Waals surface area (Å²) in [4.78, 5) is 43.8. The fraction of sp³-hybridized carbons (Fsp3) is 0.514. The van der Waals surface area contributed by atoms with Crippen molar-refractivity contribution >= 4 is 43.2 Å². The van der Waals surface area contributed by atoms with Gasteiger partial charge >= 0.3 is 12.2 Å². The van der Waals surface area contributed by atoms with E-state index in [0.717, 1.165) is 5.56 Å².